The number of nitrogens with two attached hydrogens (primary N) is 1. The molecule has 6 heteroatoms. The number of benzene rings is 1. The fourth-order valence-electron chi connectivity index (χ4n) is 2.77. The molecule has 2 aromatic rings. The van der Waals surface area contributed by atoms with Crippen LogP contribution in [0.1, 0.15) is 27.7 Å². The molecule has 0 aliphatic rings. The quantitative estimate of drug-likeness (QED) is 0.809. The molecule has 2 amide bonds. The highest BCUT2D eigenvalue weighted by Crippen LogP contribution is 2.21. The van der Waals surface area contributed by atoms with E-state index < -0.39 is 6.04 Å². The van der Waals surface area contributed by atoms with E-state index in [9.17, 15) is 9.59 Å². The Bertz CT molecular complexity index is 747. The number of carbonyl (C=O) groups is 2. The zero-order chi connectivity index (χ0) is 18.6. The van der Waals surface area contributed by atoms with E-state index in [-0.39, 0.29) is 17.7 Å². The molecule has 0 spiro atoms. The largest absolute Gasteiger partial charge is 0.342 e. The summed E-state index contributed by atoms with van der Waals surface area (Å²) in [4.78, 5) is 26.2. The molecule has 136 valence electrons. The Kier molecular flexibility index (Phi) is 6.20. The van der Waals surface area contributed by atoms with Crippen molar-refractivity contribution in [1.29, 1.82) is 0 Å². The third-order valence-electron chi connectivity index (χ3n) is 4.48. The standard InChI is InChI=1S/C19H28N4O2/c1-5-22(6-2)17(24)12-23-10-9-14-11-15(7-8-16(14)23)21-19(25)18(20)13(3)4/h7-11,13,18H,5-6,12,20H2,1-4H3,(H,21,25)/t18-/m0/s1. The fraction of sp³-hybridized carbons (Fsp3) is 0.474. The van der Waals surface area contributed by atoms with E-state index in [2.05, 4.69) is 5.32 Å². The third-order valence-corrected chi connectivity index (χ3v) is 4.48. The van der Waals surface area contributed by atoms with Crippen LogP contribution >= 0.6 is 0 Å². The molecule has 6 nitrogen and oxygen atoms in total. The van der Waals surface area contributed by atoms with E-state index in [1.165, 1.54) is 0 Å². The lowest BCUT2D eigenvalue weighted by Gasteiger charge is -2.19. The minimum absolute atomic E-state index is 0.0795. The van der Waals surface area contributed by atoms with Crippen molar-refractivity contribution in [3.05, 3.63) is 30.5 Å². The molecule has 0 saturated heterocycles. The first-order valence-corrected chi connectivity index (χ1v) is 8.80. The summed E-state index contributed by atoms with van der Waals surface area (Å²) < 4.78 is 1.93. The van der Waals surface area contributed by atoms with Crippen LogP contribution in [0.25, 0.3) is 10.9 Å². The van der Waals surface area contributed by atoms with Gasteiger partial charge in [0.05, 0.1) is 6.04 Å². The normalized spacial score (nSPS) is 12.4. The van der Waals surface area contributed by atoms with Gasteiger partial charge >= 0.3 is 0 Å². The second-order valence-corrected chi connectivity index (χ2v) is 6.54. The molecule has 3 N–H and O–H groups in total. The van der Waals surface area contributed by atoms with Crippen LogP contribution < -0.4 is 11.1 Å². The first-order valence-electron chi connectivity index (χ1n) is 8.80. The van der Waals surface area contributed by atoms with E-state index >= 15 is 0 Å². The molecule has 25 heavy (non-hydrogen) atoms. The van der Waals surface area contributed by atoms with Crippen molar-refractivity contribution in [3.8, 4) is 0 Å². The summed E-state index contributed by atoms with van der Waals surface area (Å²) >= 11 is 0. The van der Waals surface area contributed by atoms with Gasteiger partial charge in [0.25, 0.3) is 0 Å². The maximum Gasteiger partial charge on any atom is 0.242 e. The van der Waals surface area contributed by atoms with Crippen molar-refractivity contribution in [3.63, 3.8) is 0 Å². The van der Waals surface area contributed by atoms with Crippen molar-refractivity contribution in [1.82, 2.24) is 9.47 Å². The average molecular weight is 344 g/mol. The number of aromatic nitrogens is 1. The van der Waals surface area contributed by atoms with E-state index in [4.69, 9.17) is 5.73 Å². The number of amides is 2. The number of nitrogens with zero attached hydrogens (tertiary/aromatic N) is 2. The van der Waals surface area contributed by atoms with Gasteiger partial charge < -0.3 is 20.5 Å². The highest BCUT2D eigenvalue weighted by molar-refractivity contribution is 5.97. The first-order chi connectivity index (χ1) is 11.9. The van der Waals surface area contributed by atoms with Crippen molar-refractivity contribution in [2.24, 2.45) is 11.7 Å². The monoisotopic (exact) mass is 344 g/mol. The Morgan fingerprint density at radius 3 is 2.48 bits per heavy atom. The molecule has 1 atom stereocenters. The van der Waals surface area contributed by atoms with Gasteiger partial charge in [-0.25, -0.2) is 0 Å². The van der Waals surface area contributed by atoms with Crippen LogP contribution in [-0.2, 0) is 16.1 Å². The summed E-state index contributed by atoms with van der Waals surface area (Å²) in [6.07, 6.45) is 1.90. The SMILES string of the molecule is CCN(CC)C(=O)Cn1ccc2cc(NC(=O)[C@@H](N)C(C)C)ccc21. The summed E-state index contributed by atoms with van der Waals surface area (Å²) in [6, 6.07) is 7.07. The lowest BCUT2D eigenvalue weighted by molar-refractivity contribution is -0.131. The maximum atomic E-state index is 12.3. The fourth-order valence-corrected chi connectivity index (χ4v) is 2.77. The molecule has 1 heterocycles. The third kappa shape index (κ3) is 4.39. The van der Waals surface area contributed by atoms with Gasteiger partial charge in [0.15, 0.2) is 0 Å². The molecule has 0 aliphatic carbocycles. The second-order valence-electron chi connectivity index (χ2n) is 6.54. The van der Waals surface area contributed by atoms with Crippen molar-refractivity contribution < 1.29 is 9.59 Å². The predicted octanol–water partition coefficient (Wildman–Crippen LogP) is 2.43. The highest BCUT2D eigenvalue weighted by atomic mass is 16.2. The molecule has 0 fully saturated rings. The van der Waals surface area contributed by atoms with Gasteiger partial charge in [-0.3, -0.25) is 9.59 Å². The van der Waals surface area contributed by atoms with Crippen LogP contribution in [0.2, 0.25) is 0 Å². The zero-order valence-corrected chi connectivity index (χ0v) is 15.5. The van der Waals surface area contributed by atoms with Crippen LogP contribution in [0.3, 0.4) is 0 Å². The van der Waals surface area contributed by atoms with Gasteiger partial charge in [0.2, 0.25) is 11.8 Å². The van der Waals surface area contributed by atoms with Gasteiger partial charge in [0, 0.05) is 35.9 Å². The molecule has 2 rings (SSSR count). The molecular formula is C19H28N4O2. The van der Waals surface area contributed by atoms with Gasteiger partial charge in [-0.1, -0.05) is 13.8 Å². The Morgan fingerprint density at radius 1 is 1.20 bits per heavy atom. The molecule has 0 unspecified atom stereocenters. The van der Waals surface area contributed by atoms with Crippen LogP contribution in [-0.4, -0.2) is 40.4 Å². The second kappa shape index (κ2) is 8.16. The van der Waals surface area contributed by atoms with E-state index in [0.717, 1.165) is 10.9 Å². The minimum atomic E-state index is -0.535. The lowest BCUT2D eigenvalue weighted by atomic mass is 10.0. The number of carbonyl (C=O) groups excluding carboxylic acids is 2. The molecule has 0 aliphatic heterocycles. The number of fused-ring (bicyclic) bond motifs is 1. The first kappa shape index (κ1) is 19.0. The predicted molar refractivity (Wildman–Crippen MR) is 101 cm³/mol. The summed E-state index contributed by atoms with van der Waals surface area (Å²) in [5.41, 5.74) is 7.55. The summed E-state index contributed by atoms with van der Waals surface area (Å²) in [5, 5.41) is 3.83. The average Bonchev–Trinajstić information content (AvgIpc) is 2.97. The van der Waals surface area contributed by atoms with Crippen LogP contribution in [0, 0.1) is 5.92 Å². The van der Waals surface area contributed by atoms with Gasteiger partial charge in [0.1, 0.15) is 6.54 Å². The minimum Gasteiger partial charge on any atom is -0.342 e. The summed E-state index contributed by atoms with van der Waals surface area (Å²) in [5.74, 6) is -0.0100. The smallest absolute Gasteiger partial charge is 0.242 e. The van der Waals surface area contributed by atoms with Crippen LogP contribution in [0.4, 0.5) is 5.69 Å². The Hall–Kier alpha value is -2.34. The molecule has 0 bridgehead atoms. The van der Waals surface area contributed by atoms with Crippen molar-refractivity contribution in [2.75, 3.05) is 18.4 Å². The Balaban J connectivity index is 2.15. The molecule has 1 aromatic heterocycles. The number of rotatable bonds is 7. The number of hydrogen-bond donors (Lipinski definition) is 2. The van der Waals surface area contributed by atoms with E-state index in [1.54, 1.807) is 0 Å². The lowest BCUT2D eigenvalue weighted by Crippen LogP contribution is -2.39. The van der Waals surface area contributed by atoms with Crippen LogP contribution in [0.15, 0.2) is 30.5 Å². The van der Waals surface area contributed by atoms with Crippen molar-refractivity contribution >= 4 is 28.4 Å². The molecule has 0 saturated carbocycles. The number of anilines is 1. The van der Waals surface area contributed by atoms with E-state index in [0.29, 0.717) is 25.3 Å². The summed E-state index contributed by atoms with van der Waals surface area (Å²) in [7, 11) is 0. The van der Waals surface area contributed by atoms with Crippen LogP contribution in [0.5, 0.6) is 0 Å². The van der Waals surface area contributed by atoms with Gasteiger partial charge in [-0.05, 0) is 44.0 Å². The van der Waals surface area contributed by atoms with E-state index in [1.807, 2.05) is 67.6 Å². The van der Waals surface area contributed by atoms with Crippen molar-refractivity contribution in [2.45, 2.75) is 40.3 Å². The zero-order valence-electron chi connectivity index (χ0n) is 15.5. The topological polar surface area (TPSA) is 80.4 Å². The summed E-state index contributed by atoms with van der Waals surface area (Å²) in [6.45, 7) is 9.52. The maximum absolute atomic E-state index is 12.3. The van der Waals surface area contributed by atoms with Gasteiger partial charge in [-0.2, -0.15) is 0 Å². The molecule has 0 radical (unpaired) electrons. The van der Waals surface area contributed by atoms with Gasteiger partial charge in [-0.15, -0.1) is 0 Å². The number of likely N-dealkylation sites (N-methyl/N-ethyl adjacent to an activating group) is 1. The Morgan fingerprint density at radius 2 is 1.88 bits per heavy atom. The highest BCUT2D eigenvalue weighted by Gasteiger charge is 2.17. The Labute approximate surface area is 149 Å². The molecule has 1 aromatic carbocycles. The molecular weight excluding hydrogens is 316 g/mol. The number of nitrogens with one attached hydrogen (secondary N) is 1. The number of hydrogen-bond acceptors (Lipinski definition) is 3.